The lowest BCUT2D eigenvalue weighted by Crippen LogP contribution is -2.47. The molecule has 0 saturated heterocycles. The summed E-state index contributed by atoms with van der Waals surface area (Å²) in [5.41, 5.74) is 0.438. The van der Waals surface area contributed by atoms with Gasteiger partial charge in [-0.05, 0) is 30.4 Å². The van der Waals surface area contributed by atoms with E-state index in [1.165, 1.54) is 14.2 Å². The van der Waals surface area contributed by atoms with Crippen molar-refractivity contribution in [3.63, 3.8) is 0 Å². The largest absolute Gasteiger partial charge is 0.468 e. The van der Waals surface area contributed by atoms with Crippen LogP contribution in [0, 0.1) is 0 Å². The molecule has 0 spiro atoms. The molecule has 0 radical (unpaired) electrons. The van der Waals surface area contributed by atoms with E-state index in [-0.39, 0.29) is 0 Å². The minimum atomic E-state index is -1.29. The standard InChI is InChI=1S/C14H16O4/c1-17-12(15)14(13(16)18-2)9-5-7-10-6-3-4-8-11(10)14/h3-4,6,8H,5,7,9H2,1-2H3. The summed E-state index contributed by atoms with van der Waals surface area (Å²) in [5, 5.41) is 0. The Balaban J connectivity index is 2.62. The number of carbonyl (C=O) groups is 2. The first-order valence-electron chi connectivity index (χ1n) is 5.92. The molecule has 4 heteroatoms. The fourth-order valence-electron chi connectivity index (χ4n) is 2.69. The first-order valence-corrected chi connectivity index (χ1v) is 5.92. The van der Waals surface area contributed by atoms with Gasteiger partial charge in [0.2, 0.25) is 0 Å². The van der Waals surface area contributed by atoms with Gasteiger partial charge in [-0.2, -0.15) is 0 Å². The molecule has 1 aromatic carbocycles. The number of aryl methyl sites for hydroxylation is 1. The molecule has 4 nitrogen and oxygen atoms in total. The third kappa shape index (κ3) is 1.68. The summed E-state index contributed by atoms with van der Waals surface area (Å²) >= 11 is 0. The van der Waals surface area contributed by atoms with E-state index in [0.717, 1.165) is 24.0 Å². The molecule has 0 aromatic heterocycles. The van der Waals surface area contributed by atoms with Crippen molar-refractivity contribution in [3.05, 3.63) is 35.4 Å². The minimum absolute atomic E-state index is 0.434. The Labute approximate surface area is 106 Å². The second kappa shape index (κ2) is 4.80. The second-order valence-electron chi connectivity index (χ2n) is 4.40. The topological polar surface area (TPSA) is 52.6 Å². The molecule has 2 rings (SSSR count). The van der Waals surface area contributed by atoms with E-state index in [1.807, 2.05) is 24.3 Å². The third-order valence-electron chi connectivity index (χ3n) is 3.54. The molecule has 0 fully saturated rings. The Kier molecular flexibility index (Phi) is 3.36. The molecule has 0 amide bonds. The van der Waals surface area contributed by atoms with Crippen molar-refractivity contribution in [1.29, 1.82) is 0 Å². The van der Waals surface area contributed by atoms with Crippen LogP contribution >= 0.6 is 0 Å². The van der Waals surface area contributed by atoms with Gasteiger partial charge in [0, 0.05) is 0 Å². The predicted octanol–water partition coefficient (Wildman–Crippen LogP) is 1.61. The first kappa shape index (κ1) is 12.6. The summed E-state index contributed by atoms with van der Waals surface area (Å²) in [5.74, 6) is -1.08. The quantitative estimate of drug-likeness (QED) is 0.589. The lowest BCUT2D eigenvalue weighted by atomic mass is 9.70. The van der Waals surface area contributed by atoms with Crippen LogP contribution in [0.3, 0.4) is 0 Å². The molecular formula is C14H16O4. The number of esters is 2. The van der Waals surface area contributed by atoms with Gasteiger partial charge in [-0.15, -0.1) is 0 Å². The average molecular weight is 248 g/mol. The molecule has 0 atom stereocenters. The SMILES string of the molecule is COC(=O)C1(C(=O)OC)CCCc2ccccc21. The number of hydrogen-bond acceptors (Lipinski definition) is 4. The van der Waals surface area contributed by atoms with Gasteiger partial charge in [-0.3, -0.25) is 9.59 Å². The van der Waals surface area contributed by atoms with Gasteiger partial charge in [-0.25, -0.2) is 0 Å². The van der Waals surface area contributed by atoms with Crippen molar-refractivity contribution in [2.75, 3.05) is 14.2 Å². The Morgan fingerprint density at radius 2 is 1.72 bits per heavy atom. The van der Waals surface area contributed by atoms with E-state index in [9.17, 15) is 9.59 Å². The van der Waals surface area contributed by atoms with Crippen LogP contribution in [-0.4, -0.2) is 26.2 Å². The molecule has 1 aliphatic rings. The van der Waals surface area contributed by atoms with Crippen LogP contribution in [0.2, 0.25) is 0 Å². The summed E-state index contributed by atoms with van der Waals surface area (Å²) in [4.78, 5) is 24.3. The fourth-order valence-corrected chi connectivity index (χ4v) is 2.69. The van der Waals surface area contributed by atoms with Gasteiger partial charge >= 0.3 is 11.9 Å². The van der Waals surface area contributed by atoms with Crippen molar-refractivity contribution in [2.24, 2.45) is 0 Å². The van der Waals surface area contributed by atoms with Gasteiger partial charge < -0.3 is 9.47 Å². The van der Waals surface area contributed by atoms with E-state index in [4.69, 9.17) is 9.47 Å². The van der Waals surface area contributed by atoms with E-state index in [1.54, 1.807) is 0 Å². The molecule has 1 aliphatic carbocycles. The van der Waals surface area contributed by atoms with Gasteiger partial charge in [0.1, 0.15) is 0 Å². The molecule has 18 heavy (non-hydrogen) atoms. The van der Waals surface area contributed by atoms with Crippen LogP contribution in [0.15, 0.2) is 24.3 Å². The number of ether oxygens (including phenoxy) is 2. The normalized spacial score (nSPS) is 16.6. The zero-order valence-electron chi connectivity index (χ0n) is 10.6. The monoisotopic (exact) mass is 248 g/mol. The average Bonchev–Trinajstić information content (AvgIpc) is 2.44. The molecule has 0 heterocycles. The summed E-state index contributed by atoms with van der Waals surface area (Å²) in [6.45, 7) is 0. The lowest BCUT2D eigenvalue weighted by molar-refractivity contribution is -0.162. The molecule has 0 saturated carbocycles. The predicted molar refractivity (Wildman–Crippen MR) is 65.1 cm³/mol. The number of rotatable bonds is 2. The van der Waals surface area contributed by atoms with Crippen LogP contribution in [0.25, 0.3) is 0 Å². The number of hydrogen-bond donors (Lipinski definition) is 0. The van der Waals surface area contributed by atoms with E-state index < -0.39 is 17.4 Å². The Bertz CT molecular complexity index is 462. The van der Waals surface area contributed by atoms with Gasteiger partial charge in [0.25, 0.3) is 0 Å². The van der Waals surface area contributed by atoms with Crippen LogP contribution in [0.5, 0.6) is 0 Å². The second-order valence-corrected chi connectivity index (χ2v) is 4.40. The smallest absolute Gasteiger partial charge is 0.327 e. The van der Waals surface area contributed by atoms with Crippen molar-refractivity contribution < 1.29 is 19.1 Å². The Hall–Kier alpha value is -1.84. The Morgan fingerprint density at radius 1 is 1.11 bits per heavy atom. The van der Waals surface area contributed by atoms with Crippen LogP contribution in [-0.2, 0) is 30.9 Å². The van der Waals surface area contributed by atoms with E-state index >= 15 is 0 Å². The fraction of sp³-hybridized carbons (Fsp3) is 0.429. The maximum Gasteiger partial charge on any atom is 0.327 e. The van der Waals surface area contributed by atoms with Gasteiger partial charge in [0.15, 0.2) is 5.41 Å². The zero-order valence-corrected chi connectivity index (χ0v) is 10.6. The highest BCUT2D eigenvalue weighted by atomic mass is 16.5. The number of fused-ring (bicyclic) bond motifs is 1. The molecule has 0 aliphatic heterocycles. The van der Waals surface area contributed by atoms with Crippen LogP contribution < -0.4 is 0 Å². The van der Waals surface area contributed by atoms with Crippen molar-refractivity contribution in [2.45, 2.75) is 24.7 Å². The van der Waals surface area contributed by atoms with Crippen LogP contribution in [0.1, 0.15) is 24.0 Å². The molecule has 0 unspecified atom stereocenters. The summed E-state index contributed by atoms with van der Waals surface area (Å²) < 4.78 is 9.67. The third-order valence-corrected chi connectivity index (χ3v) is 3.54. The number of benzene rings is 1. The van der Waals surface area contributed by atoms with Crippen molar-refractivity contribution >= 4 is 11.9 Å². The maximum absolute atomic E-state index is 12.1. The van der Waals surface area contributed by atoms with E-state index in [0.29, 0.717) is 6.42 Å². The van der Waals surface area contributed by atoms with Crippen LogP contribution in [0.4, 0.5) is 0 Å². The minimum Gasteiger partial charge on any atom is -0.468 e. The zero-order chi connectivity index (χ0) is 13.2. The highest BCUT2D eigenvalue weighted by molar-refractivity contribution is 6.06. The molecule has 96 valence electrons. The van der Waals surface area contributed by atoms with E-state index in [2.05, 4.69) is 0 Å². The molecule has 0 N–H and O–H groups in total. The van der Waals surface area contributed by atoms with Crippen molar-refractivity contribution in [3.8, 4) is 0 Å². The summed E-state index contributed by atoms with van der Waals surface area (Å²) in [7, 11) is 2.59. The van der Waals surface area contributed by atoms with Gasteiger partial charge in [-0.1, -0.05) is 24.3 Å². The summed E-state index contributed by atoms with van der Waals surface area (Å²) in [6.07, 6.45) is 2.07. The highest BCUT2D eigenvalue weighted by Gasteiger charge is 2.52. The molecular weight excluding hydrogens is 232 g/mol. The molecule has 0 bridgehead atoms. The summed E-state index contributed by atoms with van der Waals surface area (Å²) in [6, 6.07) is 7.48. The molecule has 1 aromatic rings. The first-order chi connectivity index (χ1) is 8.66. The number of carbonyl (C=O) groups excluding carboxylic acids is 2. The number of methoxy groups -OCH3 is 2. The van der Waals surface area contributed by atoms with Gasteiger partial charge in [0.05, 0.1) is 14.2 Å². The maximum atomic E-state index is 12.1. The lowest BCUT2D eigenvalue weighted by Gasteiger charge is -2.33. The Morgan fingerprint density at radius 3 is 2.33 bits per heavy atom. The van der Waals surface area contributed by atoms with Crippen molar-refractivity contribution in [1.82, 2.24) is 0 Å². The highest BCUT2D eigenvalue weighted by Crippen LogP contribution is 2.39.